The number of benzene rings is 1. The molecule has 1 heterocycles. The standard InChI is InChI=1S/C17H25BrN2O/c1-21-16-12-14(6-7-15(16)18)20-11-5-10-19-17(13-20)8-3-2-4-9-17/h6-7,12,19H,2-5,8-11,13H2,1H3. The lowest BCUT2D eigenvalue weighted by molar-refractivity contribution is 0.246. The van der Waals surface area contributed by atoms with Crippen LogP contribution in [-0.2, 0) is 0 Å². The largest absolute Gasteiger partial charge is 0.495 e. The van der Waals surface area contributed by atoms with E-state index >= 15 is 0 Å². The van der Waals surface area contributed by atoms with E-state index in [4.69, 9.17) is 4.74 Å². The number of methoxy groups -OCH3 is 1. The number of nitrogens with zero attached hydrogens (tertiary/aromatic N) is 1. The fourth-order valence-corrected chi connectivity index (χ4v) is 4.16. The molecule has 2 fully saturated rings. The maximum absolute atomic E-state index is 5.46. The van der Waals surface area contributed by atoms with Crippen molar-refractivity contribution in [2.75, 3.05) is 31.6 Å². The summed E-state index contributed by atoms with van der Waals surface area (Å²) >= 11 is 3.54. The minimum atomic E-state index is 0.328. The number of rotatable bonds is 2. The quantitative estimate of drug-likeness (QED) is 0.871. The zero-order valence-electron chi connectivity index (χ0n) is 12.8. The Kier molecular flexibility index (Phi) is 4.75. The molecule has 21 heavy (non-hydrogen) atoms. The molecular weight excluding hydrogens is 328 g/mol. The minimum absolute atomic E-state index is 0.328. The topological polar surface area (TPSA) is 24.5 Å². The molecule has 2 aliphatic rings. The second-order valence-corrected chi connectivity index (χ2v) is 7.22. The third-order valence-electron chi connectivity index (χ3n) is 4.91. The predicted octanol–water partition coefficient (Wildman–Crippen LogP) is 3.96. The Morgan fingerprint density at radius 3 is 2.76 bits per heavy atom. The van der Waals surface area contributed by atoms with Gasteiger partial charge in [0.15, 0.2) is 0 Å². The van der Waals surface area contributed by atoms with Crippen LogP contribution in [0.4, 0.5) is 5.69 Å². The van der Waals surface area contributed by atoms with Crippen LogP contribution in [0.5, 0.6) is 5.75 Å². The highest BCUT2D eigenvalue weighted by atomic mass is 79.9. The van der Waals surface area contributed by atoms with E-state index in [1.54, 1.807) is 7.11 Å². The molecule has 1 saturated heterocycles. The Morgan fingerprint density at radius 1 is 1.19 bits per heavy atom. The van der Waals surface area contributed by atoms with Crippen LogP contribution in [-0.4, -0.2) is 32.3 Å². The summed E-state index contributed by atoms with van der Waals surface area (Å²) in [6, 6.07) is 6.46. The summed E-state index contributed by atoms with van der Waals surface area (Å²) in [5, 5.41) is 3.85. The van der Waals surface area contributed by atoms with Gasteiger partial charge in [-0.3, -0.25) is 0 Å². The van der Waals surface area contributed by atoms with Crippen LogP contribution < -0.4 is 15.0 Å². The zero-order valence-corrected chi connectivity index (χ0v) is 14.4. The van der Waals surface area contributed by atoms with Crippen LogP contribution >= 0.6 is 15.9 Å². The molecule has 1 aliphatic carbocycles. The number of nitrogens with one attached hydrogen (secondary N) is 1. The Morgan fingerprint density at radius 2 is 2.00 bits per heavy atom. The molecule has 1 aromatic carbocycles. The van der Waals surface area contributed by atoms with Crippen LogP contribution in [0.2, 0.25) is 0 Å². The number of hydrogen-bond donors (Lipinski definition) is 1. The Labute approximate surface area is 136 Å². The van der Waals surface area contributed by atoms with E-state index in [9.17, 15) is 0 Å². The van der Waals surface area contributed by atoms with Crippen molar-refractivity contribution in [1.29, 1.82) is 0 Å². The highest BCUT2D eigenvalue weighted by molar-refractivity contribution is 9.10. The second kappa shape index (κ2) is 6.57. The van der Waals surface area contributed by atoms with E-state index in [-0.39, 0.29) is 0 Å². The van der Waals surface area contributed by atoms with Gasteiger partial charge in [0.2, 0.25) is 0 Å². The average molecular weight is 353 g/mol. The molecule has 1 aromatic rings. The van der Waals surface area contributed by atoms with Gasteiger partial charge in [-0.15, -0.1) is 0 Å². The van der Waals surface area contributed by atoms with Gasteiger partial charge < -0.3 is 15.0 Å². The molecule has 0 amide bonds. The van der Waals surface area contributed by atoms with Crippen LogP contribution in [0, 0.1) is 0 Å². The Balaban J connectivity index is 1.83. The number of anilines is 1. The lowest BCUT2D eigenvalue weighted by Crippen LogP contribution is -2.52. The second-order valence-electron chi connectivity index (χ2n) is 6.36. The lowest BCUT2D eigenvalue weighted by atomic mass is 9.81. The first kappa shape index (κ1) is 15.2. The van der Waals surface area contributed by atoms with Crippen LogP contribution in [0.3, 0.4) is 0 Å². The molecule has 1 saturated carbocycles. The smallest absolute Gasteiger partial charge is 0.135 e. The van der Waals surface area contributed by atoms with E-state index in [1.165, 1.54) is 44.2 Å². The van der Waals surface area contributed by atoms with Gasteiger partial charge in [0.05, 0.1) is 11.6 Å². The summed E-state index contributed by atoms with van der Waals surface area (Å²) < 4.78 is 6.48. The summed E-state index contributed by atoms with van der Waals surface area (Å²) in [4.78, 5) is 2.54. The van der Waals surface area contributed by atoms with Crippen molar-refractivity contribution in [3.05, 3.63) is 22.7 Å². The van der Waals surface area contributed by atoms with Crippen molar-refractivity contribution < 1.29 is 4.74 Å². The van der Waals surface area contributed by atoms with Crippen molar-refractivity contribution in [3.8, 4) is 5.75 Å². The van der Waals surface area contributed by atoms with Gasteiger partial charge in [-0.1, -0.05) is 19.3 Å². The molecule has 1 spiro atoms. The van der Waals surface area contributed by atoms with E-state index in [0.29, 0.717) is 5.54 Å². The summed E-state index contributed by atoms with van der Waals surface area (Å²) in [6.45, 7) is 3.39. The molecule has 0 aromatic heterocycles. The average Bonchev–Trinajstić information content (AvgIpc) is 2.71. The summed E-state index contributed by atoms with van der Waals surface area (Å²) in [7, 11) is 1.73. The van der Waals surface area contributed by atoms with Crippen molar-refractivity contribution in [1.82, 2.24) is 5.32 Å². The zero-order chi connectivity index (χ0) is 14.7. The SMILES string of the molecule is COc1cc(N2CCCNC3(CCCCC3)C2)ccc1Br. The van der Waals surface area contributed by atoms with Crippen molar-refractivity contribution >= 4 is 21.6 Å². The third kappa shape index (κ3) is 3.37. The van der Waals surface area contributed by atoms with Gasteiger partial charge >= 0.3 is 0 Å². The monoisotopic (exact) mass is 352 g/mol. The normalized spacial score (nSPS) is 22.1. The lowest BCUT2D eigenvalue weighted by Gasteiger charge is -2.40. The maximum Gasteiger partial charge on any atom is 0.135 e. The fraction of sp³-hybridized carbons (Fsp3) is 0.647. The van der Waals surface area contributed by atoms with E-state index in [2.05, 4.69) is 44.3 Å². The maximum atomic E-state index is 5.46. The van der Waals surface area contributed by atoms with Crippen LogP contribution in [0.25, 0.3) is 0 Å². The highest BCUT2D eigenvalue weighted by Gasteiger charge is 2.35. The van der Waals surface area contributed by atoms with Gasteiger partial charge in [-0.25, -0.2) is 0 Å². The van der Waals surface area contributed by atoms with E-state index < -0.39 is 0 Å². The van der Waals surface area contributed by atoms with Gasteiger partial charge in [-0.2, -0.15) is 0 Å². The molecule has 3 nitrogen and oxygen atoms in total. The first-order valence-corrected chi connectivity index (χ1v) is 8.85. The third-order valence-corrected chi connectivity index (χ3v) is 5.56. The van der Waals surface area contributed by atoms with Gasteiger partial charge in [0.1, 0.15) is 5.75 Å². The van der Waals surface area contributed by atoms with E-state index in [0.717, 1.165) is 29.9 Å². The highest BCUT2D eigenvalue weighted by Crippen LogP contribution is 2.34. The Hall–Kier alpha value is -0.740. The van der Waals surface area contributed by atoms with Gasteiger partial charge in [-0.05, 0) is 53.9 Å². The first-order valence-electron chi connectivity index (χ1n) is 8.06. The van der Waals surface area contributed by atoms with Crippen molar-refractivity contribution in [2.24, 2.45) is 0 Å². The summed E-state index contributed by atoms with van der Waals surface area (Å²) in [5.74, 6) is 0.919. The van der Waals surface area contributed by atoms with E-state index in [1.807, 2.05) is 0 Å². The molecule has 0 bridgehead atoms. The molecule has 0 atom stereocenters. The number of ether oxygens (including phenoxy) is 1. The molecule has 116 valence electrons. The van der Waals surface area contributed by atoms with Crippen LogP contribution in [0.15, 0.2) is 22.7 Å². The van der Waals surface area contributed by atoms with Crippen molar-refractivity contribution in [2.45, 2.75) is 44.1 Å². The first-order chi connectivity index (χ1) is 10.2. The molecular formula is C17H25BrN2O. The summed E-state index contributed by atoms with van der Waals surface area (Å²) in [6.07, 6.45) is 7.97. The predicted molar refractivity (Wildman–Crippen MR) is 91.3 cm³/mol. The molecule has 4 heteroatoms. The van der Waals surface area contributed by atoms with Gasteiger partial charge in [0, 0.05) is 30.4 Å². The fourth-order valence-electron chi connectivity index (χ4n) is 3.75. The molecule has 0 unspecified atom stereocenters. The number of halogens is 1. The molecule has 3 rings (SSSR count). The molecule has 1 aliphatic heterocycles. The van der Waals surface area contributed by atoms with Crippen LogP contribution in [0.1, 0.15) is 38.5 Å². The van der Waals surface area contributed by atoms with Gasteiger partial charge in [0.25, 0.3) is 0 Å². The number of hydrogen-bond acceptors (Lipinski definition) is 3. The molecule has 1 N–H and O–H groups in total. The van der Waals surface area contributed by atoms with Crippen molar-refractivity contribution in [3.63, 3.8) is 0 Å². The Bertz CT molecular complexity index is 486. The minimum Gasteiger partial charge on any atom is -0.495 e. The summed E-state index contributed by atoms with van der Waals surface area (Å²) in [5.41, 5.74) is 1.61. The molecule has 0 radical (unpaired) electrons.